The SMILES string of the molecule is CCN(c1scc(C(=O)OC)c1C)C1CCC(N)CC1. The minimum Gasteiger partial charge on any atom is -0.465 e. The number of ether oxygens (including phenoxy) is 1. The first-order valence-electron chi connectivity index (χ1n) is 7.27. The van der Waals surface area contributed by atoms with E-state index < -0.39 is 0 Å². The summed E-state index contributed by atoms with van der Waals surface area (Å²) >= 11 is 1.64. The van der Waals surface area contributed by atoms with E-state index in [4.69, 9.17) is 10.5 Å². The van der Waals surface area contributed by atoms with Gasteiger partial charge in [0.25, 0.3) is 0 Å². The number of nitrogens with two attached hydrogens (primary N) is 1. The van der Waals surface area contributed by atoms with E-state index in [0.29, 0.717) is 17.6 Å². The van der Waals surface area contributed by atoms with Gasteiger partial charge in [0.15, 0.2) is 0 Å². The first-order valence-corrected chi connectivity index (χ1v) is 8.15. The molecular formula is C15H24N2O2S. The molecule has 0 spiro atoms. The summed E-state index contributed by atoms with van der Waals surface area (Å²) < 4.78 is 4.84. The van der Waals surface area contributed by atoms with Gasteiger partial charge >= 0.3 is 5.97 Å². The van der Waals surface area contributed by atoms with Crippen LogP contribution in [0.15, 0.2) is 5.38 Å². The monoisotopic (exact) mass is 296 g/mol. The number of esters is 1. The summed E-state index contributed by atoms with van der Waals surface area (Å²) in [7, 11) is 1.43. The molecule has 0 aromatic carbocycles. The molecule has 0 unspecified atom stereocenters. The first kappa shape index (κ1) is 15.3. The lowest BCUT2D eigenvalue weighted by atomic mass is 9.90. The quantitative estimate of drug-likeness (QED) is 0.868. The summed E-state index contributed by atoms with van der Waals surface area (Å²) in [5.41, 5.74) is 7.73. The van der Waals surface area contributed by atoms with Gasteiger partial charge in [-0.25, -0.2) is 4.79 Å². The second kappa shape index (κ2) is 6.59. The summed E-state index contributed by atoms with van der Waals surface area (Å²) in [6, 6.07) is 0.905. The van der Waals surface area contributed by atoms with Gasteiger partial charge in [-0.15, -0.1) is 11.3 Å². The maximum Gasteiger partial charge on any atom is 0.339 e. The molecule has 1 aliphatic rings. The van der Waals surface area contributed by atoms with E-state index in [1.165, 1.54) is 12.1 Å². The number of carbonyl (C=O) groups is 1. The second-order valence-corrected chi connectivity index (χ2v) is 6.28. The third-order valence-corrected chi connectivity index (χ3v) is 5.32. The number of methoxy groups -OCH3 is 1. The number of anilines is 1. The molecular weight excluding hydrogens is 272 g/mol. The van der Waals surface area contributed by atoms with Gasteiger partial charge in [-0.2, -0.15) is 0 Å². The number of rotatable bonds is 4. The molecule has 1 aromatic rings. The summed E-state index contributed by atoms with van der Waals surface area (Å²) in [6.45, 7) is 5.14. The fraction of sp³-hybridized carbons (Fsp3) is 0.667. The van der Waals surface area contributed by atoms with Crippen molar-refractivity contribution in [2.24, 2.45) is 5.73 Å². The van der Waals surface area contributed by atoms with E-state index in [1.807, 2.05) is 12.3 Å². The fourth-order valence-corrected chi connectivity index (χ4v) is 4.18. The van der Waals surface area contributed by atoms with Crippen LogP contribution in [0.25, 0.3) is 0 Å². The average Bonchev–Trinajstić information content (AvgIpc) is 2.83. The highest BCUT2D eigenvalue weighted by atomic mass is 32.1. The van der Waals surface area contributed by atoms with Crippen LogP contribution in [0.3, 0.4) is 0 Å². The van der Waals surface area contributed by atoms with E-state index in [-0.39, 0.29) is 5.97 Å². The van der Waals surface area contributed by atoms with Gasteiger partial charge < -0.3 is 15.4 Å². The molecule has 0 radical (unpaired) electrons. The van der Waals surface area contributed by atoms with Crippen molar-refractivity contribution in [1.29, 1.82) is 0 Å². The van der Waals surface area contributed by atoms with Crippen LogP contribution < -0.4 is 10.6 Å². The van der Waals surface area contributed by atoms with Crippen molar-refractivity contribution in [1.82, 2.24) is 0 Å². The Morgan fingerprint density at radius 1 is 1.45 bits per heavy atom. The van der Waals surface area contributed by atoms with Crippen LogP contribution in [0.2, 0.25) is 0 Å². The predicted molar refractivity (Wildman–Crippen MR) is 83.6 cm³/mol. The van der Waals surface area contributed by atoms with Crippen molar-refractivity contribution in [2.75, 3.05) is 18.6 Å². The number of carbonyl (C=O) groups excluding carboxylic acids is 1. The van der Waals surface area contributed by atoms with E-state index in [9.17, 15) is 4.79 Å². The Balaban J connectivity index is 2.19. The lowest BCUT2D eigenvalue weighted by Crippen LogP contribution is -2.40. The lowest BCUT2D eigenvalue weighted by molar-refractivity contribution is 0.0600. The maximum atomic E-state index is 11.7. The minimum absolute atomic E-state index is 0.244. The molecule has 0 atom stereocenters. The Morgan fingerprint density at radius 3 is 2.65 bits per heavy atom. The highest BCUT2D eigenvalue weighted by molar-refractivity contribution is 7.14. The summed E-state index contributed by atoms with van der Waals surface area (Å²) in [4.78, 5) is 14.2. The van der Waals surface area contributed by atoms with Crippen LogP contribution in [-0.2, 0) is 4.74 Å². The number of hydrogen-bond donors (Lipinski definition) is 1. The van der Waals surface area contributed by atoms with Gasteiger partial charge in [-0.05, 0) is 45.1 Å². The zero-order valence-electron chi connectivity index (χ0n) is 12.5. The summed E-state index contributed by atoms with van der Waals surface area (Å²) in [6.07, 6.45) is 4.46. The molecule has 1 aromatic heterocycles. The van der Waals surface area contributed by atoms with Gasteiger partial charge in [0.2, 0.25) is 0 Å². The Kier molecular flexibility index (Phi) is 5.05. The Labute approximate surface area is 124 Å². The number of hydrogen-bond acceptors (Lipinski definition) is 5. The smallest absolute Gasteiger partial charge is 0.339 e. The summed E-state index contributed by atoms with van der Waals surface area (Å²) in [5.74, 6) is -0.244. The standard InChI is InChI=1S/C15H24N2O2S/c1-4-17(12-7-5-11(16)6-8-12)14-10(2)13(9-20-14)15(18)19-3/h9,11-12H,4-8,16H2,1-3H3. The Hall–Kier alpha value is -1.07. The highest BCUT2D eigenvalue weighted by Gasteiger charge is 2.27. The molecule has 0 saturated heterocycles. The largest absolute Gasteiger partial charge is 0.465 e. The molecule has 20 heavy (non-hydrogen) atoms. The molecule has 2 rings (SSSR count). The van der Waals surface area contributed by atoms with E-state index in [1.54, 1.807) is 11.3 Å². The zero-order valence-corrected chi connectivity index (χ0v) is 13.3. The van der Waals surface area contributed by atoms with Crippen molar-refractivity contribution < 1.29 is 9.53 Å². The average molecular weight is 296 g/mol. The van der Waals surface area contributed by atoms with Crippen molar-refractivity contribution in [3.8, 4) is 0 Å². The molecule has 112 valence electrons. The molecule has 1 fully saturated rings. The van der Waals surface area contributed by atoms with Crippen molar-refractivity contribution in [2.45, 2.75) is 51.6 Å². The molecule has 1 saturated carbocycles. The molecule has 5 heteroatoms. The molecule has 2 N–H and O–H groups in total. The minimum atomic E-state index is -0.244. The Bertz CT molecular complexity index is 464. The van der Waals surface area contributed by atoms with Crippen LogP contribution in [0.1, 0.15) is 48.5 Å². The Morgan fingerprint density at radius 2 is 2.10 bits per heavy atom. The van der Waals surface area contributed by atoms with E-state index in [2.05, 4.69) is 11.8 Å². The molecule has 0 aliphatic heterocycles. The van der Waals surface area contributed by atoms with Crippen LogP contribution in [-0.4, -0.2) is 31.7 Å². The molecule has 1 aliphatic carbocycles. The zero-order chi connectivity index (χ0) is 14.7. The number of nitrogens with zero attached hydrogens (tertiary/aromatic N) is 1. The summed E-state index contributed by atoms with van der Waals surface area (Å²) in [5, 5.41) is 3.11. The van der Waals surface area contributed by atoms with Gasteiger partial charge in [-0.1, -0.05) is 0 Å². The normalized spacial score (nSPS) is 22.6. The van der Waals surface area contributed by atoms with Gasteiger partial charge in [0.05, 0.1) is 17.7 Å². The third kappa shape index (κ3) is 2.99. The second-order valence-electron chi connectivity index (χ2n) is 5.43. The van der Waals surface area contributed by atoms with E-state index in [0.717, 1.165) is 37.8 Å². The third-order valence-electron chi connectivity index (χ3n) is 4.20. The lowest BCUT2D eigenvalue weighted by Gasteiger charge is -2.36. The molecule has 0 bridgehead atoms. The van der Waals surface area contributed by atoms with Crippen LogP contribution in [0, 0.1) is 6.92 Å². The number of thiophene rings is 1. The topological polar surface area (TPSA) is 55.6 Å². The first-order chi connectivity index (χ1) is 9.58. The van der Waals surface area contributed by atoms with Crippen LogP contribution >= 0.6 is 11.3 Å². The van der Waals surface area contributed by atoms with Gasteiger partial charge in [-0.3, -0.25) is 0 Å². The molecule has 4 nitrogen and oxygen atoms in total. The van der Waals surface area contributed by atoms with Gasteiger partial charge in [0.1, 0.15) is 0 Å². The highest BCUT2D eigenvalue weighted by Crippen LogP contribution is 2.35. The van der Waals surface area contributed by atoms with Crippen LogP contribution in [0.4, 0.5) is 5.00 Å². The van der Waals surface area contributed by atoms with E-state index >= 15 is 0 Å². The maximum absolute atomic E-state index is 11.7. The van der Waals surface area contributed by atoms with Crippen molar-refractivity contribution in [3.63, 3.8) is 0 Å². The van der Waals surface area contributed by atoms with Gasteiger partial charge in [0, 0.05) is 24.0 Å². The van der Waals surface area contributed by atoms with Crippen molar-refractivity contribution in [3.05, 3.63) is 16.5 Å². The molecule has 1 heterocycles. The molecule has 0 amide bonds. The van der Waals surface area contributed by atoms with Crippen LogP contribution in [0.5, 0.6) is 0 Å². The fourth-order valence-electron chi connectivity index (χ4n) is 2.98. The van der Waals surface area contributed by atoms with Crippen molar-refractivity contribution >= 4 is 22.3 Å². The predicted octanol–water partition coefficient (Wildman–Crippen LogP) is 2.94.